The molecule has 0 unspecified atom stereocenters. The molecule has 0 saturated heterocycles. The minimum Gasteiger partial charge on any atom is -0.481 e. The van der Waals surface area contributed by atoms with E-state index in [0.717, 1.165) is 30.5 Å². The summed E-state index contributed by atoms with van der Waals surface area (Å²) in [6.07, 6.45) is 1.87. The van der Waals surface area contributed by atoms with E-state index >= 15 is 0 Å². The Balaban J connectivity index is 1.60. The Kier molecular flexibility index (Phi) is 8.76. The van der Waals surface area contributed by atoms with Gasteiger partial charge in [0.25, 0.3) is 5.91 Å². The van der Waals surface area contributed by atoms with Gasteiger partial charge < -0.3 is 10.1 Å². The zero-order chi connectivity index (χ0) is 25.5. The van der Waals surface area contributed by atoms with Crippen molar-refractivity contribution in [2.75, 3.05) is 13.1 Å². The maximum atomic E-state index is 14.5. The summed E-state index contributed by atoms with van der Waals surface area (Å²) in [6, 6.07) is 23.5. The van der Waals surface area contributed by atoms with Crippen molar-refractivity contribution in [1.29, 1.82) is 0 Å². The maximum Gasteiger partial charge on any atom is 0.261 e. The number of halogens is 1. The molecule has 0 bridgehead atoms. The third kappa shape index (κ3) is 6.33. The number of carbonyl (C=O) groups is 1. The average Bonchev–Trinajstić information content (AvgIpc) is 2.88. The largest absolute Gasteiger partial charge is 0.481 e. The summed E-state index contributed by atoms with van der Waals surface area (Å²) in [7, 11) is 0. The molecular weight excluding hydrogens is 451 g/mol. The van der Waals surface area contributed by atoms with Gasteiger partial charge in [-0.25, -0.2) is 4.39 Å². The summed E-state index contributed by atoms with van der Waals surface area (Å²) < 4.78 is 20.8. The lowest BCUT2D eigenvalue weighted by Gasteiger charge is -2.38. The first kappa shape index (κ1) is 25.9. The number of hydrogen-bond donors (Lipinski definition) is 1. The Morgan fingerprint density at radius 1 is 1.08 bits per heavy atom. The predicted molar refractivity (Wildman–Crippen MR) is 142 cm³/mol. The molecule has 0 aromatic heterocycles. The minimum absolute atomic E-state index is 0.0296. The molecule has 0 radical (unpaired) electrons. The fraction of sp³-hybridized carbons (Fsp3) is 0.387. The van der Waals surface area contributed by atoms with Crippen LogP contribution in [0.3, 0.4) is 0 Å². The molecule has 1 amide bonds. The Morgan fingerprint density at radius 3 is 2.56 bits per heavy atom. The molecule has 1 N–H and O–H groups in total. The van der Waals surface area contributed by atoms with Crippen molar-refractivity contribution < 1.29 is 13.9 Å². The Hall–Kier alpha value is -3.18. The number of amides is 1. The Bertz CT molecular complexity index is 1150. The van der Waals surface area contributed by atoms with Crippen molar-refractivity contribution in [3.05, 3.63) is 101 Å². The van der Waals surface area contributed by atoms with Crippen LogP contribution in [0.15, 0.2) is 72.8 Å². The highest BCUT2D eigenvalue weighted by molar-refractivity contribution is 5.81. The Labute approximate surface area is 214 Å². The van der Waals surface area contributed by atoms with Crippen LogP contribution in [0.5, 0.6) is 5.75 Å². The molecule has 0 saturated carbocycles. The summed E-state index contributed by atoms with van der Waals surface area (Å²) in [5.74, 6) is 0.973. The molecule has 4 nitrogen and oxygen atoms in total. The van der Waals surface area contributed by atoms with Gasteiger partial charge in [-0.15, -0.1) is 0 Å². The van der Waals surface area contributed by atoms with Crippen molar-refractivity contribution in [3.63, 3.8) is 0 Å². The summed E-state index contributed by atoms with van der Waals surface area (Å²) >= 11 is 0. The van der Waals surface area contributed by atoms with Crippen LogP contribution in [0.25, 0.3) is 0 Å². The number of fused-ring (bicyclic) bond motifs is 1. The van der Waals surface area contributed by atoms with Crippen LogP contribution in [0.4, 0.5) is 4.39 Å². The fourth-order valence-electron chi connectivity index (χ4n) is 4.84. The fourth-order valence-corrected chi connectivity index (χ4v) is 4.84. The molecule has 190 valence electrons. The molecule has 3 aromatic carbocycles. The number of carbonyl (C=O) groups excluding carboxylic acids is 1. The molecule has 3 aromatic rings. The third-order valence-electron chi connectivity index (χ3n) is 6.85. The standard InChI is InChI=1S/C31H37FN2O2/c1-4-29(31(35)33-18-16-22(2)3)36-26-15-14-23-17-19-34(21-25-12-8-9-13-28(25)32)30(27(23)20-26)24-10-6-5-7-11-24/h5-15,20,22,29-30H,4,16-19,21H2,1-3H3,(H,33,35)/t29-,30+/m0/s1. The molecule has 0 fully saturated rings. The second kappa shape index (κ2) is 12.2. The van der Waals surface area contributed by atoms with Crippen LogP contribution in [0, 0.1) is 11.7 Å². The van der Waals surface area contributed by atoms with Gasteiger partial charge in [0.15, 0.2) is 6.10 Å². The zero-order valence-electron chi connectivity index (χ0n) is 21.5. The summed E-state index contributed by atoms with van der Waals surface area (Å²) in [5.41, 5.74) is 4.26. The minimum atomic E-state index is -0.538. The molecule has 1 aliphatic rings. The van der Waals surface area contributed by atoms with E-state index in [9.17, 15) is 9.18 Å². The number of rotatable bonds is 10. The molecule has 4 rings (SSSR count). The number of hydrogen-bond acceptors (Lipinski definition) is 3. The highest BCUT2D eigenvalue weighted by atomic mass is 19.1. The van der Waals surface area contributed by atoms with Gasteiger partial charge in [0.2, 0.25) is 0 Å². The van der Waals surface area contributed by atoms with E-state index in [4.69, 9.17) is 4.74 Å². The van der Waals surface area contributed by atoms with E-state index in [0.29, 0.717) is 36.7 Å². The van der Waals surface area contributed by atoms with Gasteiger partial charge in [0.05, 0.1) is 6.04 Å². The lowest BCUT2D eigenvalue weighted by molar-refractivity contribution is -0.128. The van der Waals surface area contributed by atoms with Crippen LogP contribution >= 0.6 is 0 Å². The van der Waals surface area contributed by atoms with E-state index < -0.39 is 6.10 Å². The molecule has 2 atom stereocenters. The van der Waals surface area contributed by atoms with Crippen molar-refractivity contribution in [2.45, 2.75) is 58.7 Å². The number of nitrogens with zero attached hydrogens (tertiary/aromatic N) is 1. The van der Waals surface area contributed by atoms with Crippen LogP contribution in [0.2, 0.25) is 0 Å². The van der Waals surface area contributed by atoms with Gasteiger partial charge in [-0.05, 0) is 60.1 Å². The number of benzene rings is 3. The van der Waals surface area contributed by atoms with Crippen molar-refractivity contribution >= 4 is 5.91 Å². The van der Waals surface area contributed by atoms with Gasteiger partial charge in [-0.1, -0.05) is 75.4 Å². The molecule has 5 heteroatoms. The maximum absolute atomic E-state index is 14.5. The van der Waals surface area contributed by atoms with Crippen LogP contribution in [-0.4, -0.2) is 30.0 Å². The molecule has 1 heterocycles. The van der Waals surface area contributed by atoms with E-state index in [-0.39, 0.29) is 17.8 Å². The number of nitrogens with one attached hydrogen (secondary N) is 1. The monoisotopic (exact) mass is 488 g/mol. The first-order chi connectivity index (χ1) is 17.5. The van der Waals surface area contributed by atoms with E-state index in [1.807, 2.05) is 43.3 Å². The van der Waals surface area contributed by atoms with Crippen LogP contribution < -0.4 is 10.1 Å². The smallest absolute Gasteiger partial charge is 0.261 e. The van der Waals surface area contributed by atoms with Crippen molar-refractivity contribution in [1.82, 2.24) is 10.2 Å². The third-order valence-corrected chi connectivity index (χ3v) is 6.85. The zero-order valence-corrected chi connectivity index (χ0v) is 21.5. The van der Waals surface area contributed by atoms with Crippen molar-refractivity contribution in [2.24, 2.45) is 5.92 Å². The van der Waals surface area contributed by atoms with Gasteiger partial charge in [0, 0.05) is 25.2 Å². The summed E-state index contributed by atoms with van der Waals surface area (Å²) in [4.78, 5) is 15.1. The first-order valence-corrected chi connectivity index (χ1v) is 13.1. The van der Waals surface area contributed by atoms with E-state index in [1.165, 1.54) is 11.6 Å². The molecule has 0 spiro atoms. The average molecular weight is 489 g/mol. The normalized spacial score (nSPS) is 16.4. The lowest BCUT2D eigenvalue weighted by atomic mass is 9.87. The summed E-state index contributed by atoms with van der Waals surface area (Å²) in [5, 5.41) is 3.01. The van der Waals surface area contributed by atoms with Crippen LogP contribution in [-0.2, 0) is 17.8 Å². The summed E-state index contributed by atoms with van der Waals surface area (Å²) in [6.45, 7) is 8.26. The van der Waals surface area contributed by atoms with Gasteiger partial charge in [-0.3, -0.25) is 9.69 Å². The van der Waals surface area contributed by atoms with Gasteiger partial charge >= 0.3 is 0 Å². The lowest BCUT2D eigenvalue weighted by Crippen LogP contribution is -2.39. The second-order valence-electron chi connectivity index (χ2n) is 9.97. The molecule has 1 aliphatic heterocycles. The number of ether oxygens (including phenoxy) is 1. The molecule has 0 aliphatic carbocycles. The Morgan fingerprint density at radius 2 is 1.83 bits per heavy atom. The van der Waals surface area contributed by atoms with Crippen molar-refractivity contribution in [3.8, 4) is 5.75 Å². The highest BCUT2D eigenvalue weighted by Crippen LogP contribution is 2.38. The highest BCUT2D eigenvalue weighted by Gasteiger charge is 2.30. The van der Waals surface area contributed by atoms with Crippen LogP contribution in [0.1, 0.15) is 61.9 Å². The SMILES string of the molecule is CC[C@H](Oc1ccc2c(c1)[C@@H](c1ccccc1)N(Cc1ccccc1F)CC2)C(=O)NCCC(C)C. The van der Waals surface area contributed by atoms with Gasteiger partial charge in [-0.2, -0.15) is 0 Å². The first-order valence-electron chi connectivity index (χ1n) is 13.1. The van der Waals surface area contributed by atoms with E-state index in [1.54, 1.807) is 6.07 Å². The second-order valence-corrected chi connectivity index (χ2v) is 9.97. The predicted octanol–water partition coefficient (Wildman–Crippen LogP) is 6.29. The van der Waals surface area contributed by atoms with E-state index in [2.05, 4.69) is 48.3 Å². The molecular formula is C31H37FN2O2. The molecule has 36 heavy (non-hydrogen) atoms. The quantitative estimate of drug-likeness (QED) is 0.364. The van der Waals surface area contributed by atoms with Gasteiger partial charge in [0.1, 0.15) is 11.6 Å². The topological polar surface area (TPSA) is 41.6 Å².